The zero-order valence-electron chi connectivity index (χ0n) is 15.9. The van der Waals surface area contributed by atoms with Crippen molar-refractivity contribution in [1.82, 2.24) is 9.55 Å². The van der Waals surface area contributed by atoms with E-state index >= 15 is 0 Å². The van der Waals surface area contributed by atoms with E-state index in [1.807, 2.05) is 42.5 Å². The average Bonchev–Trinajstić information content (AvgIpc) is 3.07. The highest BCUT2D eigenvalue weighted by atomic mass is 32.2. The molecule has 140 valence electrons. The van der Waals surface area contributed by atoms with E-state index in [1.165, 1.54) is 5.56 Å². The molecule has 1 heterocycles. The topological polar surface area (TPSA) is 34.9 Å². The summed E-state index contributed by atoms with van der Waals surface area (Å²) in [6.07, 6.45) is 8.25. The highest BCUT2D eigenvalue weighted by Gasteiger charge is 2.35. The molecule has 4 aromatic rings. The van der Waals surface area contributed by atoms with Crippen molar-refractivity contribution < 1.29 is 4.79 Å². The van der Waals surface area contributed by atoms with E-state index in [4.69, 9.17) is 4.98 Å². The normalized spacial score (nSPS) is 19.8. The van der Waals surface area contributed by atoms with E-state index in [0.29, 0.717) is 0 Å². The Morgan fingerprint density at radius 3 is 2.66 bits per heavy atom. The van der Waals surface area contributed by atoms with Gasteiger partial charge >= 0.3 is 0 Å². The summed E-state index contributed by atoms with van der Waals surface area (Å²) < 4.78 is 2.14. The molecule has 0 aliphatic heterocycles. The summed E-state index contributed by atoms with van der Waals surface area (Å²) in [5, 5.41) is 3.19. The van der Waals surface area contributed by atoms with Crippen LogP contribution in [0.15, 0.2) is 89.0 Å². The van der Waals surface area contributed by atoms with Crippen LogP contribution in [0.3, 0.4) is 0 Å². The van der Waals surface area contributed by atoms with Crippen LogP contribution in [0.5, 0.6) is 0 Å². The maximum atomic E-state index is 13.1. The number of hydrogen-bond donors (Lipinski definition) is 0. The zero-order valence-corrected chi connectivity index (χ0v) is 16.7. The SMILES string of the molecule is Cn1c(Sc2cc3c4c(cccc4c2)C(=O)C2C=CC=CC32)nc2ccccc21. The smallest absolute Gasteiger partial charge is 0.173 e. The Kier molecular flexibility index (Phi) is 3.59. The van der Waals surface area contributed by atoms with Gasteiger partial charge in [0.2, 0.25) is 0 Å². The summed E-state index contributed by atoms with van der Waals surface area (Å²) in [4.78, 5) is 19.0. The molecule has 2 unspecified atom stereocenters. The molecule has 2 aliphatic carbocycles. The Hall–Kier alpha value is -3.11. The van der Waals surface area contributed by atoms with Gasteiger partial charge < -0.3 is 4.57 Å². The highest BCUT2D eigenvalue weighted by Crippen LogP contribution is 2.45. The average molecular weight is 394 g/mol. The van der Waals surface area contributed by atoms with E-state index in [9.17, 15) is 4.79 Å². The van der Waals surface area contributed by atoms with Crippen molar-refractivity contribution in [1.29, 1.82) is 0 Å². The van der Waals surface area contributed by atoms with Crippen molar-refractivity contribution in [3.8, 4) is 0 Å². The summed E-state index contributed by atoms with van der Waals surface area (Å²) in [5.41, 5.74) is 4.22. The standard InChI is InChI=1S/C25H18N2OS/c1-27-22-12-5-4-11-21(22)26-25(27)29-16-13-15-7-6-10-19-23(15)20(14-16)17-8-2-3-9-18(17)24(19)28/h2-14,17-18H,1H3. The first-order valence-electron chi connectivity index (χ1n) is 9.76. The lowest BCUT2D eigenvalue weighted by molar-refractivity contribution is 0.0934. The molecule has 2 atom stereocenters. The molecule has 2 aliphatic rings. The Bertz CT molecular complexity index is 1380. The Labute approximate surface area is 172 Å². The zero-order chi connectivity index (χ0) is 19.5. The van der Waals surface area contributed by atoms with Crippen LogP contribution < -0.4 is 0 Å². The summed E-state index contributed by atoms with van der Waals surface area (Å²) in [5.74, 6) is 0.226. The van der Waals surface area contributed by atoms with Crippen LogP contribution in [0.2, 0.25) is 0 Å². The first kappa shape index (κ1) is 16.8. The first-order valence-corrected chi connectivity index (χ1v) is 10.6. The van der Waals surface area contributed by atoms with E-state index in [2.05, 4.69) is 48.0 Å². The summed E-state index contributed by atoms with van der Waals surface area (Å²) in [6.45, 7) is 0. The molecule has 1 aromatic heterocycles. The lowest BCUT2D eigenvalue weighted by Gasteiger charge is -2.30. The van der Waals surface area contributed by atoms with Gasteiger partial charge in [-0.2, -0.15) is 0 Å². The van der Waals surface area contributed by atoms with Crippen LogP contribution in [0.1, 0.15) is 21.8 Å². The maximum absolute atomic E-state index is 13.1. The quantitative estimate of drug-likeness (QED) is 0.425. The van der Waals surface area contributed by atoms with E-state index in [1.54, 1.807) is 11.8 Å². The fourth-order valence-corrected chi connectivity index (χ4v) is 5.58. The summed E-state index contributed by atoms with van der Waals surface area (Å²) in [7, 11) is 2.06. The second-order valence-corrected chi connectivity index (χ2v) is 8.69. The summed E-state index contributed by atoms with van der Waals surface area (Å²) in [6, 6.07) is 18.7. The molecule has 3 nitrogen and oxygen atoms in total. The monoisotopic (exact) mass is 394 g/mol. The van der Waals surface area contributed by atoms with E-state index in [0.717, 1.165) is 37.4 Å². The van der Waals surface area contributed by atoms with Gasteiger partial charge in [-0.15, -0.1) is 0 Å². The predicted molar refractivity (Wildman–Crippen MR) is 118 cm³/mol. The highest BCUT2D eigenvalue weighted by molar-refractivity contribution is 7.99. The van der Waals surface area contributed by atoms with Gasteiger partial charge in [-0.05, 0) is 40.6 Å². The number of para-hydroxylation sites is 2. The first-order chi connectivity index (χ1) is 14.2. The third-order valence-electron chi connectivity index (χ3n) is 6.00. The number of ketones is 1. The van der Waals surface area contributed by atoms with Gasteiger partial charge in [0.05, 0.1) is 17.0 Å². The number of aryl methyl sites for hydroxylation is 1. The van der Waals surface area contributed by atoms with Gasteiger partial charge in [-0.1, -0.05) is 66.4 Å². The molecular weight excluding hydrogens is 376 g/mol. The predicted octanol–water partition coefficient (Wildman–Crippen LogP) is 5.90. The molecule has 0 bridgehead atoms. The number of allylic oxidation sites excluding steroid dienone is 4. The number of carbonyl (C=O) groups is 1. The van der Waals surface area contributed by atoms with Crippen LogP contribution >= 0.6 is 11.8 Å². The molecule has 6 rings (SSSR count). The number of rotatable bonds is 2. The number of fused-ring (bicyclic) bond motifs is 3. The lowest BCUT2D eigenvalue weighted by Crippen LogP contribution is -2.26. The van der Waals surface area contributed by atoms with E-state index < -0.39 is 0 Å². The number of nitrogens with zero attached hydrogens (tertiary/aromatic N) is 2. The Morgan fingerprint density at radius 2 is 1.79 bits per heavy atom. The van der Waals surface area contributed by atoms with Crippen molar-refractivity contribution in [3.05, 3.63) is 90.0 Å². The van der Waals surface area contributed by atoms with Crippen molar-refractivity contribution in [2.45, 2.75) is 16.0 Å². The van der Waals surface area contributed by atoms with Gasteiger partial charge in [0.15, 0.2) is 10.9 Å². The molecule has 0 saturated carbocycles. The summed E-state index contributed by atoms with van der Waals surface area (Å²) >= 11 is 1.68. The lowest BCUT2D eigenvalue weighted by atomic mass is 9.72. The molecule has 4 heteroatoms. The third-order valence-corrected chi connectivity index (χ3v) is 7.02. The number of benzene rings is 3. The number of carbonyl (C=O) groups excluding carboxylic acids is 1. The number of hydrogen-bond acceptors (Lipinski definition) is 3. The van der Waals surface area contributed by atoms with Gasteiger partial charge in [-0.3, -0.25) is 4.79 Å². The van der Waals surface area contributed by atoms with E-state index in [-0.39, 0.29) is 17.6 Å². The number of imidazole rings is 1. The van der Waals surface area contributed by atoms with Crippen molar-refractivity contribution in [3.63, 3.8) is 0 Å². The van der Waals surface area contributed by atoms with Crippen molar-refractivity contribution in [2.75, 3.05) is 0 Å². The molecule has 0 spiro atoms. The molecule has 0 saturated heterocycles. The van der Waals surface area contributed by atoms with Crippen molar-refractivity contribution in [2.24, 2.45) is 13.0 Å². The largest absolute Gasteiger partial charge is 0.322 e. The second kappa shape index (κ2) is 6.19. The molecule has 29 heavy (non-hydrogen) atoms. The number of Topliss-reactive ketones (excluding diaryl/α,β-unsaturated/α-hetero) is 1. The molecule has 0 radical (unpaired) electrons. The third kappa shape index (κ3) is 2.45. The van der Waals surface area contributed by atoms with Gasteiger partial charge in [0.25, 0.3) is 0 Å². The Morgan fingerprint density at radius 1 is 0.966 bits per heavy atom. The number of aromatic nitrogens is 2. The molecule has 0 fully saturated rings. The minimum absolute atomic E-state index is 0.103. The van der Waals surface area contributed by atoms with Crippen LogP contribution in [-0.4, -0.2) is 15.3 Å². The van der Waals surface area contributed by atoms with Crippen LogP contribution in [0.25, 0.3) is 21.8 Å². The minimum atomic E-state index is -0.103. The van der Waals surface area contributed by atoms with Gasteiger partial charge in [0, 0.05) is 23.4 Å². The fourth-order valence-electron chi connectivity index (χ4n) is 4.61. The molecule has 0 N–H and O–H groups in total. The second-order valence-electron chi connectivity index (χ2n) is 7.65. The van der Waals surface area contributed by atoms with Crippen molar-refractivity contribution >= 4 is 39.4 Å². The molecular formula is C25H18N2OS. The maximum Gasteiger partial charge on any atom is 0.173 e. The van der Waals surface area contributed by atoms with Crippen LogP contribution in [0.4, 0.5) is 0 Å². The fraction of sp³-hybridized carbons (Fsp3) is 0.120. The molecule has 3 aromatic carbocycles. The Balaban J connectivity index is 1.53. The molecule has 0 amide bonds. The van der Waals surface area contributed by atoms with Gasteiger partial charge in [0.1, 0.15) is 0 Å². The van der Waals surface area contributed by atoms with Crippen LogP contribution in [-0.2, 0) is 7.05 Å². The minimum Gasteiger partial charge on any atom is -0.322 e. The van der Waals surface area contributed by atoms with Crippen LogP contribution in [0, 0.1) is 5.92 Å². The van der Waals surface area contributed by atoms with Gasteiger partial charge in [-0.25, -0.2) is 4.98 Å².